The number of carbonyl (C=O) groups is 1. The molecule has 0 aliphatic heterocycles. The van der Waals surface area contributed by atoms with Crippen molar-refractivity contribution >= 4 is 6.41 Å². The highest BCUT2D eigenvalue weighted by Gasteiger charge is 1.95. The van der Waals surface area contributed by atoms with Gasteiger partial charge in [0.25, 0.3) is 0 Å². The van der Waals surface area contributed by atoms with Crippen LogP contribution in [0.25, 0.3) is 0 Å². The lowest BCUT2D eigenvalue weighted by Crippen LogP contribution is -1.98. The molecule has 1 rings (SSSR count). The van der Waals surface area contributed by atoms with Gasteiger partial charge in [-0.2, -0.15) is 5.10 Å². The van der Waals surface area contributed by atoms with Crippen LogP contribution in [-0.4, -0.2) is 16.2 Å². The Hall–Kier alpha value is -1.12. The van der Waals surface area contributed by atoms with Crippen molar-refractivity contribution in [1.29, 1.82) is 0 Å². The van der Waals surface area contributed by atoms with Gasteiger partial charge in [-0.25, -0.2) is 4.68 Å². The molecule has 0 N–H and O–H groups in total. The van der Waals surface area contributed by atoms with Gasteiger partial charge in [-0.05, 0) is 19.9 Å². The summed E-state index contributed by atoms with van der Waals surface area (Å²) < 4.78 is 1.31. The van der Waals surface area contributed by atoms with E-state index >= 15 is 0 Å². The van der Waals surface area contributed by atoms with Gasteiger partial charge >= 0.3 is 0 Å². The molecule has 0 saturated carbocycles. The second kappa shape index (κ2) is 2.01. The van der Waals surface area contributed by atoms with Gasteiger partial charge in [0.15, 0.2) is 0 Å². The Bertz CT molecular complexity index is 227. The molecule has 3 nitrogen and oxygen atoms in total. The molecule has 1 aromatic rings. The molecule has 0 spiro atoms. The normalized spacial score (nSPS) is 9.56. The first-order valence-corrected chi connectivity index (χ1v) is 2.72. The quantitative estimate of drug-likeness (QED) is 0.512. The highest BCUT2D eigenvalue weighted by atomic mass is 16.1. The van der Waals surface area contributed by atoms with Crippen molar-refractivity contribution in [3.05, 3.63) is 17.5 Å². The van der Waals surface area contributed by atoms with Crippen molar-refractivity contribution in [3.8, 4) is 0 Å². The summed E-state index contributed by atoms with van der Waals surface area (Å²) in [6, 6.07) is 1.86. The van der Waals surface area contributed by atoms with Crippen molar-refractivity contribution in [1.82, 2.24) is 9.78 Å². The lowest BCUT2D eigenvalue weighted by molar-refractivity contribution is 0.538. The summed E-state index contributed by atoms with van der Waals surface area (Å²) in [6.07, 6.45) is 0.697. The van der Waals surface area contributed by atoms with Crippen LogP contribution in [0.4, 0.5) is 0 Å². The molecular formula is C6H8N2O. The molecule has 0 fully saturated rings. The molecular weight excluding hydrogens is 116 g/mol. The topological polar surface area (TPSA) is 34.9 Å². The molecule has 9 heavy (non-hydrogen) atoms. The lowest BCUT2D eigenvalue weighted by Gasteiger charge is -1.86. The fourth-order valence-corrected chi connectivity index (χ4v) is 0.753. The van der Waals surface area contributed by atoms with Gasteiger partial charge in [0.2, 0.25) is 6.41 Å². The number of hydrogen-bond acceptors (Lipinski definition) is 2. The van der Waals surface area contributed by atoms with Gasteiger partial charge in [0.05, 0.1) is 5.69 Å². The molecule has 0 unspecified atom stereocenters. The van der Waals surface area contributed by atoms with Crippen molar-refractivity contribution in [2.24, 2.45) is 0 Å². The summed E-state index contributed by atoms with van der Waals surface area (Å²) >= 11 is 0. The maximum Gasteiger partial charge on any atom is 0.234 e. The van der Waals surface area contributed by atoms with Crippen molar-refractivity contribution in [2.75, 3.05) is 0 Å². The molecule has 0 saturated heterocycles. The summed E-state index contributed by atoms with van der Waals surface area (Å²) in [4.78, 5) is 10.1. The van der Waals surface area contributed by atoms with Crippen LogP contribution in [0, 0.1) is 13.8 Å². The zero-order valence-electron chi connectivity index (χ0n) is 5.46. The van der Waals surface area contributed by atoms with Gasteiger partial charge in [-0.15, -0.1) is 0 Å². The van der Waals surface area contributed by atoms with E-state index in [9.17, 15) is 4.79 Å². The van der Waals surface area contributed by atoms with Gasteiger partial charge < -0.3 is 0 Å². The lowest BCUT2D eigenvalue weighted by atomic mass is 10.4. The van der Waals surface area contributed by atoms with Gasteiger partial charge in [0, 0.05) is 5.69 Å². The summed E-state index contributed by atoms with van der Waals surface area (Å²) in [7, 11) is 0. The number of aryl methyl sites for hydroxylation is 2. The van der Waals surface area contributed by atoms with Gasteiger partial charge in [0.1, 0.15) is 0 Å². The molecule has 0 aromatic carbocycles. The molecule has 0 amide bonds. The van der Waals surface area contributed by atoms with E-state index in [2.05, 4.69) is 5.10 Å². The van der Waals surface area contributed by atoms with Crippen molar-refractivity contribution in [2.45, 2.75) is 13.8 Å². The second-order valence-electron chi connectivity index (χ2n) is 1.98. The van der Waals surface area contributed by atoms with Crippen LogP contribution in [0.5, 0.6) is 0 Å². The predicted octanol–water partition coefficient (Wildman–Crippen LogP) is 0.538. The molecule has 48 valence electrons. The number of rotatable bonds is 1. The van der Waals surface area contributed by atoms with E-state index in [1.807, 2.05) is 19.9 Å². The molecule has 0 aliphatic rings. The Morgan fingerprint density at radius 1 is 1.67 bits per heavy atom. The smallest absolute Gasteiger partial charge is 0.234 e. The maximum atomic E-state index is 10.1. The Labute approximate surface area is 53.3 Å². The fraction of sp³-hybridized carbons (Fsp3) is 0.333. The standard InChI is InChI=1S/C6H8N2O/c1-5-3-6(2)8(4-9)7-5/h3-4H,1-2H3. The van der Waals surface area contributed by atoms with E-state index < -0.39 is 0 Å². The van der Waals surface area contributed by atoms with Crippen LogP contribution in [0.15, 0.2) is 6.07 Å². The van der Waals surface area contributed by atoms with E-state index in [1.165, 1.54) is 4.68 Å². The molecule has 0 atom stereocenters. The number of aromatic nitrogens is 2. The summed E-state index contributed by atoms with van der Waals surface area (Å²) in [5.41, 5.74) is 1.75. The second-order valence-corrected chi connectivity index (χ2v) is 1.98. The van der Waals surface area contributed by atoms with Crippen molar-refractivity contribution in [3.63, 3.8) is 0 Å². The number of nitrogens with zero attached hydrogens (tertiary/aromatic N) is 2. The number of hydrogen-bond donors (Lipinski definition) is 0. The summed E-state index contributed by atoms with van der Waals surface area (Å²) in [5.74, 6) is 0. The van der Waals surface area contributed by atoms with Crippen LogP contribution >= 0.6 is 0 Å². The highest BCUT2D eigenvalue weighted by molar-refractivity contribution is 5.51. The third kappa shape index (κ3) is 0.988. The Morgan fingerprint density at radius 2 is 2.33 bits per heavy atom. The predicted molar refractivity (Wildman–Crippen MR) is 33.8 cm³/mol. The highest BCUT2D eigenvalue weighted by Crippen LogP contribution is 1.97. The first-order chi connectivity index (χ1) is 4.24. The van der Waals surface area contributed by atoms with E-state index in [1.54, 1.807) is 0 Å². The first kappa shape index (κ1) is 6.01. The maximum absolute atomic E-state index is 10.1. The van der Waals surface area contributed by atoms with Gasteiger partial charge in [-0.3, -0.25) is 4.79 Å². The van der Waals surface area contributed by atoms with Crippen molar-refractivity contribution < 1.29 is 4.79 Å². The monoisotopic (exact) mass is 124 g/mol. The third-order valence-corrected chi connectivity index (χ3v) is 1.14. The van der Waals surface area contributed by atoms with Crippen LogP contribution < -0.4 is 0 Å². The van der Waals surface area contributed by atoms with Crippen LogP contribution in [0.1, 0.15) is 11.4 Å². The first-order valence-electron chi connectivity index (χ1n) is 2.72. The summed E-state index contributed by atoms with van der Waals surface area (Å²) in [5, 5.41) is 3.88. The van der Waals surface area contributed by atoms with Crippen LogP contribution in [-0.2, 0) is 4.79 Å². The van der Waals surface area contributed by atoms with Gasteiger partial charge in [-0.1, -0.05) is 0 Å². The largest absolute Gasteiger partial charge is 0.276 e. The zero-order valence-corrected chi connectivity index (χ0v) is 5.46. The molecule has 0 bridgehead atoms. The average Bonchev–Trinajstić information content (AvgIpc) is 2.10. The van der Waals surface area contributed by atoms with E-state index in [0.717, 1.165) is 11.4 Å². The minimum Gasteiger partial charge on any atom is -0.276 e. The Kier molecular flexibility index (Phi) is 1.34. The molecule has 0 aliphatic carbocycles. The Balaban J connectivity index is 3.15. The Morgan fingerprint density at radius 3 is 2.56 bits per heavy atom. The summed E-state index contributed by atoms with van der Waals surface area (Å²) in [6.45, 7) is 3.70. The van der Waals surface area contributed by atoms with E-state index in [0.29, 0.717) is 6.41 Å². The fourth-order valence-electron chi connectivity index (χ4n) is 0.753. The van der Waals surface area contributed by atoms with Crippen LogP contribution in [0.2, 0.25) is 0 Å². The minimum absolute atomic E-state index is 0.697. The third-order valence-electron chi connectivity index (χ3n) is 1.14. The minimum atomic E-state index is 0.697. The molecule has 1 heterocycles. The van der Waals surface area contributed by atoms with E-state index in [4.69, 9.17) is 0 Å². The van der Waals surface area contributed by atoms with E-state index in [-0.39, 0.29) is 0 Å². The molecule has 0 radical (unpaired) electrons. The molecule has 1 aromatic heterocycles. The van der Waals surface area contributed by atoms with Crippen LogP contribution in [0.3, 0.4) is 0 Å². The zero-order chi connectivity index (χ0) is 6.85. The number of carbonyl (C=O) groups excluding carboxylic acids is 1. The average molecular weight is 124 g/mol. The SMILES string of the molecule is Cc1cc(C)n(C=O)n1. The molecule has 3 heteroatoms.